The van der Waals surface area contributed by atoms with E-state index in [1.165, 1.54) is 23.1 Å². The lowest BCUT2D eigenvalue weighted by atomic mass is 10.1. The third kappa shape index (κ3) is 6.77. The van der Waals surface area contributed by atoms with E-state index < -0.39 is 34.3 Å². The number of anilines is 1. The Balaban J connectivity index is 1.85. The topological polar surface area (TPSA) is 86.8 Å². The number of carbonyl (C=O) groups excluding carboxylic acids is 2. The van der Waals surface area contributed by atoms with Gasteiger partial charge >= 0.3 is 0 Å². The van der Waals surface area contributed by atoms with Crippen LogP contribution in [-0.4, -0.2) is 50.0 Å². The van der Waals surface area contributed by atoms with Crippen LogP contribution < -0.4 is 9.62 Å². The minimum absolute atomic E-state index is 0.0496. The predicted octanol–water partition coefficient (Wildman–Crippen LogP) is 3.07. The summed E-state index contributed by atoms with van der Waals surface area (Å²) in [5.74, 6) is -1.44. The first-order chi connectivity index (χ1) is 15.6. The molecule has 1 fully saturated rings. The van der Waals surface area contributed by atoms with Crippen LogP contribution in [0.25, 0.3) is 0 Å². The second-order valence-corrected chi connectivity index (χ2v) is 10.3. The van der Waals surface area contributed by atoms with Crippen LogP contribution in [0.2, 0.25) is 0 Å². The van der Waals surface area contributed by atoms with Crippen LogP contribution in [0.5, 0.6) is 0 Å². The van der Waals surface area contributed by atoms with E-state index in [2.05, 4.69) is 5.32 Å². The maximum Gasteiger partial charge on any atom is 0.244 e. The van der Waals surface area contributed by atoms with Crippen LogP contribution in [0.1, 0.15) is 38.2 Å². The lowest BCUT2D eigenvalue weighted by molar-refractivity contribution is -0.139. The molecule has 0 aromatic heterocycles. The van der Waals surface area contributed by atoms with E-state index in [1.54, 1.807) is 6.92 Å². The summed E-state index contributed by atoms with van der Waals surface area (Å²) < 4.78 is 39.5. The van der Waals surface area contributed by atoms with Gasteiger partial charge in [0.1, 0.15) is 18.4 Å². The lowest BCUT2D eigenvalue weighted by Gasteiger charge is -2.32. The summed E-state index contributed by atoms with van der Waals surface area (Å²) in [5, 5.41) is 3.01. The van der Waals surface area contributed by atoms with Crippen molar-refractivity contribution in [2.45, 2.75) is 51.2 Å². The normalized spacial score (nSPS) is 15.1. The highest BCUT2D eigenvalue weighted by Crippen LogP contribution is 2.21. The van der Waals surface area contributed by atoms with Crippen LogP contribution >= 0.6 is 0 Å². The van der Waals surface area contributed by atoms with E-state index in [0.29, 0.717) is 0 Å². The number of rotatable bonds is 9. The van der Waals surface area contributed by atoms with Crippen LogP contribution in [0.4, 0.5) is 10.1 Å². The standard InChI is InChI=1S/C24H30FN3O4S/c1-18(24(30)26-21-12-6-7-13-21)27(16-19-9-4-3-5-10-19)23(29)17-28(33(2,31)32)22-14-8-11-20(25)15-22/h3-5,8-11,14-15,18,21H,6-7,12-13,16-17H2,1-2H3,(H,26,30)/t18-/m1/s1. The number of hydrogen-bond donors (Lipinski definition) is 1. The fourth-order valence-electron chi connectivity index (χ4n) is 4.00. The van der Waals surface area contributed by atoms with E-state index in [0.717, 1.165) is 47.9 Å². The van der Waals surface area contributed by atoms with Gasteiger partial charge in [-0.15, -0.1) is 0 Å². The van der Waals surface area contributed by atoms with E-state index in [-0.39, 0.29) is 24.2 Å². The summed E-state index contributed by atoms with van der Waals surface area (Å²) in [6.07, 6.45) is 4.90. The summed E-state index contributed by atoms with van der Waals surface area (Å²) in [7, 11) is -3.88. The average molecular weight is 476 g/mol. The maximum absolute atomic E-state index is 13.8. The van der Waals surface area contributed by atoms with Gasteiger partial charge in [0.25, 0.3) is 0 Å². The molecule has 2 amide bonds. The Labute approximate surface area is 194 Å². The first kappa shape index (κ1) is 24.7. The van der Waals surface area contributed by atoms with Gasteiger partial charge in [-0.2, -0.15) is 0 Å². The van der Waals surface area contributed by atoms with Crippen LogP contribution in [0, 0.1) is 5.82 Å². The number of hydrogen-bond acceptors (Lipinski definition) is 4. The predicted molar refractivity (Wildman–Crippen MR) is 125 cm³/mol. The summed E-state index contributed by atoms with van der Waals surface area (Å²) in [4.78, 5) is 27.7. The molecular weight excluding hydrogens is 445 g/mol. The maximum atomic E-state index is 13.8. The summed E-state index contributed by atoms with van der Waals surface area (Å²) in [6.45, 7) is 1.23. The second-order valence-electron chi connectivity index (χ2n) is 8.42. The summed E-state index contributed by atoms with van der Waals surface area (Å²) >= 11 is 0. The van der Waals surface area contributed by atoms with E-state index in [4.69, 9.17) is 0 Å². The van der Waals surface area contributed by atoms with E-state index >= 15 is 0 Å². The monoisotopic (exact) mass is 475 g/mol. The van der Waals surface area contributed by atoms with Crippen molar-refractivity contribution in [3.05, 3.63) is 66.0 Å². The van der Waals surface area contributed by atoms with E-state index in [1.807, 2.05) is 30.3 Å². The molecule has 0 heterocycles. The number of amides is 2. The smallest absolute Gasteiger partial charge is 0.244 e. The molecule has 1 aliphatic carbocycles. The third-order valence-corrected chi connectivity index (χ3v) is 6.98. The Hall–Kier alpha value is -2.94. The Kier molecular flexibility index (Phi) is 8.07. The Morgan fingerprint density at radius 3 is 2.36 bits per heavy atom. The molecule has 9 heteroatoms. The number of sulfonamides is 1. The van der Waals surface area contributed by atoms with Gasteiger partial charge in [-0.1, -0.05) is 49.2 Å². The van der Waals surface area contributed by atoms with Crippen molar-refractivity contribution in [2.24, 2.45) is 0 Å². The molecule has 0 radical (unpaired) electrons. The van der Waals surface area contributed by atoms with Gasteiger partial charge in [0.2, 0.25) is 21.8 Å². The molecule has 0 saturated heterocycles. The van der Waals surface area contributed by atoms with Crippen molar-refractivity contribution < 1.29 is 22.4 Å². The Morgan fingerprint density at radius 2 is 1.76 bits per heavy atom. The van der Waals surface area contributed by atoms with Gasteiger partial charge in [-0.05, 0) is 43.5 Å². The molecule has 1 saturated carbocycles. The number of carbonyl (C=O) groups is 2. The molecule has 2 aromatic rings. The molecule has 178 valence electrons. The highest BCUT2D eigenvalue weighted by molar-refractivity contribution is 7.92. The average Bonchev–Trinajstić information content (AvgIpc) is 3.28. The van der Waals surface area contributed by atoms with Crippen LogP contribution in [-0.2, 0) is 26.2 Å². The zero-order chi connectivity index (χ0) is 24.0. The number of nitrogens with one attached hydrogen (secondary N) is 1. The van der Waals surface area contributed by atoms with Crippen LogP contribution in [0.3, 0.4) is 0 Å². The zero-order valence-corrected chi connectivity index (χ0v) is 19.7. The molecule has 1 atom stereocenters. The van der Waals surface area contributed by atoms with Gasteiger partial charge in [0.15, 0.2) is 0 Å². The zero-order valence-electron chi connectivity index (χ0n) is 18.9. The first-order valence-electron chi connectivity index (χ1n) is 11.0. The highest BCUT2D eigenvalue weighted by atomic mass is 32.2. The first-order valence-corrected chi connectivity index (χ1v) is 12.9. The van der Waals surface area contributed by atoms with E-state index in [9.17, 15) is 22.4 Å². The molecule has 3 rings (SSSR count). The number of benzene rings is 2. The second kappa shape index (κ2) is 10.8. The Morgan fingerprint density at radius 1 is 1.09 bits per heavy atom. The van der Waals surface area contributed by atoms with Gasteiger partial charge in [-0.3, -0.25) is 13.9 Å². The third-order valence-electron chi connectivity index (χ3n) is 5.84. The van der Waals surface area contributed by atoms with Crippen molar-refractivity contribution >= 4 is 27.5 Å². The molecule has 0 spiro atoms. The van der Waals surface area contributed by atoms with Gasteiger partial charge in [0.05, 0.1) is 11.9 Å². The fourth-order valence-corrected chi connectivity index (χ4v) is 4.84. The summed E-state index contributed by atoms with van der Waals surface area (Å²) in [5.41, 5.74) is 0.858. The minimum atomic E-state index is -3.88. The van der Waals surface area contributed by atoms with Gasteiger partial charge in [-0.25, -0.2) is 12.8 Å². The molecular formula is C24H30FN3O4S. The van der Waals surface area contributed by atoms with Gasteiger partial charge < -0.3 is 10.2 Å². The molecule has 0 unspecified atom stereocenters. The number of nitrogens with zero attached hydrogens (tertiary/aromatic N) is 2. The quantitative estimate of drug-likeness (QED) is 0.604. The van der Waals surface area contributed by atoms with Crippen molar-refractivity contribution in [1.82, 2.24) is 10.2 Å². The lowest BCUT2D eigenvalue weighted by Crippen LogP contribution is -2.52. The highest BCUT2D eigenvalue weighted by Gasteiger charge is 2.31. The van der Waals surface area contributed by atoms with Crippen molar-refractivity contribution in [1.29, 1.82) is 0 Å². The largest absolute Gasteiger partial charge is 0.352 e. The molecule has 2 aromatic carbocycles. The molecule has 33 heavy (non-hydrogen) atoms. The molecule has 1 aliphatic rings. The Bertz CT molecular complexity index is 1070. The number of halogens is 1. The van der Waals surface area contributed by atoms with Crippen molar-refractivity contribution in [3.63, 3.8) is 0 Å². The van der Waals surface area contributed by atoms with Crippen LogP contribution in [0.15, 0.2) is 54.6 Å². The van der Waals surface area contributed by atoms with Gasteiger partial charge in [0, 0.05) is 12.6 Å². The molecule has 0 aliphatic heterocycles. The fraction of sp³-hybridized carbons (Fsp3) is 0.417. The minimum Gasteiger partial charge on any atom is -0.352 e. The SMILES string of the molecule is C[C@H](C(=O)NC1CCCC1)N(Cc1ccccc1)C(=O)CN(c1cccc(F)c1)S(C)(=O)=O. The molecule has 1 N–H and O–H groups in total. The van der Waals surface area contributed by atoms with Crippen molar-refractivity contribution in [2.75, 3.05) is 17.1 Å². The molecule has 0 bridgehead atoms. The van der Waals surface area contributed by atoms with Crippen molar-refractivity contribution in [3.8, 4) is 0 Å². The summed E-state index contributed by atoms with van der Waals surface area (Å²) in [6, 6.07) is 13.5. The molecule has 7 nitrogen and oxygen atoms in total.